The molecule has 0 aliphatic carbocycles. The molecule has 0 aromatic heterocycles. The highest BCUT2D eigenvalue weighted by atomic mass is 19.1. The molecule has 160 valence electrons. The highest BCUT2D eigenvalue weighted by Crippen LogP contribution is 2.24. The van der Waals surface area contributed by atoms with Gasteiger partial charge in [0.15, 0.2) is 0 Å². The van der Waals surface area contributed by atoms with Crippen molar-refractivity contribution in [1.29, 1.82) is 0 Å². The van der Waals surface area contributed by atoms with Crippen LogP contribution in [0.5, 0.6) is 0 Å². The summed E-state index contributed by atoms with van der Waals surface area (Å²) in [5.41, 5.74) is 0.973. The molecule has 0 saturated carbocycles. The van der Waals surface area contributed by atoms with Gasteiger partial charge in [-0.05, 0) is 43.4 Å². The fourth-order valence-electron chi connectivity index (χ4n) is 4.01. The molecule has 0 radical (unpaired) electrons. The molecular weight excluding hydrogens is 386 g/mol. The van der Waals surface area contributed by atoms with Gasteiger partial charge in [-0.25, -0.2) is 8.78 Å². The smallest absolute Gasteiger partial charge is 0.230 e. The van der Waals surface area contributed by atoms with Crippen molar-refractivity contribution in [3.8, 4) is 0 Å². The Bertz CT molecular complexity index is 845. The number of carbonyl (C=O) groups excluding carboxylic acids is 2. The molecule has 1 heterocycles. The molecule has 4 nitrogen and oxygen atoms in total. The monoisotopic (exact) mass is 414 g/mol. The summed E-state index contributed by atoms with van der Waals surface area (Å²) in [7, 11) is 0. The second-order valence-electron chi connectivity index (χ2n) is 7.74. The van der Waals surface area contributed by atoms with Gasteiger partial charge in [0.25, 0.3) is 0 Å². The summed E-state index contributed by atoms with van der Waals surface area (Å²) in [4.78, 5) is 27.0. The number of hydrogen-bond donors (Lipinski definition) is 1. The molecule has 0 spiro atoms. The maximum atomic E-state index is 13.7. The maximum Gasteiger partial charge on any atom is 0.230 e. The minimum Gasteiger partial charge on any atom is -0.353 e. The Balaban J connectivity index is 1.47. The highest BCUT2D eigenvalue weighted by molar-refractivity contribution is 5.84. The summed E-state index contributed by atoms with van der Waals surface area (Å²) in [6.07, 6.45) is 2.15. The molecule has 1 unspecified atom stereocenters. The second kappa shape index (κ2) is 10.3. The first-order valence-electron chi connectivity index (χ1n) is 10.6. The fraction of sp³-hybridized carbons (Fsp3) is 0.417. The van der Waals surface area contributed by atoms with Crippen molar-refractivity contribution in [1.82, 2.24) is 10.2 Å². The molecule has 3 rings (SSSR count). The van der Waals surface area contributed by atoms with E-state index in [-0.39, 0.29) is 42.2 Å². The third-order valence-electron chi connectivity index (χ3n) is 5.74. The summed E-state index contributed by atoms with van der Waals surface area (Å²) < 4.78 is 27.4. The number of amides is 2. The third-order valence-corrected chi connectivity index (χ3v) is 5.74. The lowest BCUT2D eigenvalue weighted by molar-refractivity contribution is -0.134. The highest BCUT2D eigenvalue weighted by Gasteiger charge is 2.28. The van der Waals surface area contributed by atoms with Gasteiger partial charge in [-0.2, -0.15) is 0 Å². The predicted molar refractivity (Wildman–Crippen MR) is 112 cm³/mol. The van der Waals surface area contributed by atoms with E-state index in [1.165, 1.54) is 18.2 Å². The topological polar surface area (TPSA) is 49.4 Å². The van der Waals surface area contributed by atoms with E-state index in [9.17, 15) is 18.4 Å². The van der Waals surface area contributed by atoms with Gasteiger partial charge in [-0.3, -0.25) is 9.59 Å². The molecule has 2 aromatic rings. The van der Waals surface area contributed by atoms with Crippen molar-refractivity contribution < 1.29 is 18.4 Å². The number of nitrogens with zero attached hydrogens (tertiary/aromatic N) is 1. The molecule has 0 bridgehead atoms. The quantitative estimate of drug-likeness (QED) is 0.738. The van der Waals surface area contributed by atoms with Gasteiger partial charge in [0.2, 0.25) is 11.8 Å². The van der Waals surface area contributed by atoms with Crippen LogP contribution in [0.2, 0.25) is 0 Å². The largest absolute Gasteiger partial charge is 0.353 e. The first-order chi connectivity index (χ1) is 14.5. The minimum atomic E-state index is -0.626. The van der Waals surface area contributed by atoms with Crippen molar-refractivity contribution in [2.45, 2.75) is 51.0 Å². The Labute approximate surface area is 176 Å². The number of benzene rings is 2. The van der Waals surface area contributed by atoms with Crippen LogP contribution in [0.25, 0.3) is 0 Å². The first kappa shape index (κ1) is 21.9. The van der Waals surface area contributed by atoms with Crippen LogP contribution < -0.4 is 5.32 Å². The van der Waals surface area contributed by atoms with Gasteiger partial charge in [-0.1, -0.05) is 43.3 Å². The summed E-state index contributed by atoms with van der Waals surface area (Å²) in [5, 5.41) is 2.94. The van der Waals surface area contributed by atoms with E-state index in [1.54, 1.807) is 0 Å². The Kier molecular flexibility index (Phi) is 7.55. The lowest BCUT2D eigenvalue weighted by Crippen LogP contribution is -2.47. The number of carbonyl (C=O) groups is 2. The number of likely N-dealkylation sites (tertiary alicyclic amines) is 1. The van der Waals surface area contributed by atoms with E-state index in [2.05, 4.69) is 5.32 Å². The van der Waals surface area contributed by atoms with Gasteiger partial charge in [-0.15, -0.1) is 0 Å². The first-order valence-corrected chi connectivity index (χ1v) is 10.6. The van der Waals surface area contributed by atoms with E-state index < -0.39 is 11.6 Å². The summed E-state index contributed by atoms with van der Waals surface area (Å²) in [5.74, 6) is -1.49. The second-order valence-corrected chi connectivity index (χ2v) is 7.74. The predicted octanol–water partition coefficient (Wildman–Crippen LogP) is 4.20. The van der Waals surface area contributed by atoms with E-state index in [0.29, 0.717) is 25.9 Å². The molecular formula is C24H28F2N2O2. The zero-order chi connectivity index (χ0) is 21.5. The third kappa shape index (κ3) is 5.43. The van der Waals surface area contributed by atoms with Crippen LogP contribution in [0, 0.1) is 11.6 Å². The average molecular weight is 414 g/mol. The van der Waals surface area contributed by atoms with Crippen LogP contribution in [0.3, 0.4) is 0 Å². The van der Waals surface area contributed by atoms with Crippen molar-refractivity contribution in [3.05, 3.63) is 71.3 Å². The molecule has 1 N–H and O–H groups in total. The Hall–Kier alpha value is -2.76. The van der Waals surface area contributed by atoms with Crippen LogP contribution in [-0.2, 0) is 16.0 Å². The SMILES string of the molecule is CCC(C(=O)N1CCC(NC(=O)CCc2c(F)cccc2F)CC1)c1ccccc1. The maximum absolute atomic E-state index is 13.7. The number of halogens is 2. The molecule has 2 amide bonds. The normalized spacial score (nSPS) is 15.6. The van der Waals surface area contributed by atoms with E-state index in [1.807, 2.05) is 42.2 Å². The van der Waals surface area contributed by atoms with Crippen molar-refractivity contribution in [2.24, 2.45) is 0 Å². The van der Waals surface area contributed by atoms with Crippen LogP contribution in [0.4, 0.5) is 8.78 Å². The summed E-state index contributed by atoms with van der Waals surface area (Å²) in [6.45, 7) is 3.20. The van der Waals surface area contributed by atoms with Crippen LogP contribution >= 0.6 is 0 Å². The van der Waals surface area contributed by atoms with Crippen LogP contribution in [0.1, 0.15) is 49.7 Å². The molecule has 1 atom stereocenters. The van der Waals surface area contributed by atoms with E-state index >= 15 is 0 Å². The number of rotatable bonds is 7. The van der Waals surface area contributed by atoms with Gasteiger partial charge < -0.3 is 10.2 Å². The molecule has 30 heavy (non-hydrogen) atoms. The molecule has 6 heteroatoms. The standard InChI is InChI=1S/C24H28F2N2O2/c1-2-19(17-7-4-3-5-8-17)24(30)28-15-13-18(14-16-28)27-23(29)12-11-20-21(25)9-6-10-22(20)26/h3-10,18-19H,2,11-16H2,1H3,(H,27,29). The van der Waals surface area contributed by atoms with Gasteiger partial charge in [0.05, 0.1) is 5.92 Å². The Morgan fingerprint density at radius 2 is 1.67 bits per heavy atom. The number of hydrogen-bond acceptors (Lipinski definition) is 2. The molecule has 1 saturated heterocycles. The van der Waals surface area contributed by atoms with Crippen molar-refractivity contribution >= 4 is 11.8 Å². The van der Waals surface area contributed by atoms with E-state index in [0.717, 1.165) is 12.0 Å². The summed E-state index contributed by atoms with van der Waals surface area (Å²) in [6, 6.07) is 13.5. The minimum absolute atomic E-state index is 0.0242. The van der Waals surface area contributed by atoms with Gasteiger partial charge >= 0.3 is 0 Å². The lowest BCUT2D eigenvalue weighted by Gasteiger charge is -2.34. The molecule has 1 fully saturated rings. The van der Waals surface area contributed by atoms with Crippen molar-refractivity contribution in [2.75, 3.05) is 13.1 Å². The van der Waals surface area contributed by atoms with Crippen molar-refractivity contribution in [3.63, 3.8) is 0 Å². The molecule has 1 aliphatic rings. The number of piperidine rings is 1. The summed E-state index contributed by atoms with van der Waals surface area (Å²) >= 11 is 0. The number of nitrogens with one attached hydrogen (secondary N) is 1. The zero-order valence-electron chi connectivity index (χ0n) is 17.2. The Morgan fingerprint density at radius 3 is 2.27 bits per heavy atom. The lowest BCUT2D eigenvalue weighted by atomic mass is 9.93. The van der Waals surface area contributed by atoms with Gasteiger partial charge in [0, 0.05) is 31.1 Å². The van der Waals surface area contributed by atoms with Crippen LogP contribution in [0.15, 0.2) is 48.5 Å². The van der Waals surface area contributed by atoms with Crippen LogP contribution in [-0.4, -0.2) is 35.8 Å². The Morgan fingerprint density at radius 1 is 1.03 bits per heavy atom. The average Bonchev–Trinajstić information content (AvgIpc) is 2.75. The fourth-order valence-corrected chi connectivity index (χ4v) is 4.01. The van der Waals surface area contributed by atoms with E-state index in [4.69, 9.17) is 0 Å². The zero-order valence-corrected chi connectivity index (χ0v) is 17.2. The molecule has 1 aliphatic heterocycles. The molecule has 2 aromatic carbocycles. The van der Waals surface area contributed by atoms with Gasteiger partial charge in [0.1, 0.15) is 11.6 Å².